The van der Waals surface area contributed by atoms with Crippen molar-refractivity contribution in [3.05, 3.63) is 86.5 Å². The lowest BCUT2D eigenvalue weighted by Gasteiger charge is -2.26. The Kier molecular flexibility index (Phi) is 7.97. The number of phenolic OH excluding ortho intramolecular Hbond substituents is 3. The molecule has 3 N–H and O–H groups in total. The molecule has 0 aliphatic rings. The predicted octanol–water partition coefficient (Wildman–Crippen LogP) is 8.21. The zero-order chi connectivity index (χ0) is 25.2. The van der Waals surface area contributed by atoms with Crippen LogP contribution in [0.25, 0.3) is 0 Å². The van der Waals surface area contributed by atoms with E-state index in [1.807, 2.05) is 52.0 Å². The van der Waals surface area contributed by atoms with Crippen molar-refractivity contribution in [3.8, 4) is 17.2 Å². The van der Waals surface area contributed by atoms with Gasteiger partial charge >= 0.3 is 0 Å². The van der Waals surface area contributed by atoms with E-state index in [4.69, 9.17) is 0 Å². The highest BCUT2D eigenvalue weighted by atomic mass is 16.3. The third kappa shape index (κ3) is 5.09. The van der Waals surface area contributed by atoms with Crippen LogP contribution in [0.1, 0.15) is 101 Å². The highest BCUT2D eigenvalue weighted by molar-refractivity contribution is 5.57. The van der Waals surface area contributed by atoms with Crippen molar-refractivity contribution >= 4 is 0 Å². The number of hydrogen-bond donors (Lipinski definition) is 3. The Labute approximate surface area is 205 Å². The summed E-state index contributed by atoms with van der Waals surface area (Å²) in [5.74, 6) is 0.668. The first-order valence-corrected chi connectivity index (χ1v) is 12.5. The van der Waals surface area contributed by atoms with E-state index < -0.39 is 0 Å². The molecule has 3 aromatic rings. The van der Waals surface area contributed by atoms with Gasteiger partial charge in [-0.1, -0.05) is 79.8 Å². The van der Waals surface area contributed by atoms with Crippen LogP contribution in [0.15, 0.2) is 36.4 Å². The maximum Gasteiger partial charge on any atom is 0.123 e. The van der Waals surface area contributed by atoms with E-state index >= 15 is 0 Å². The van der Waals surface area contributed by atoms with E-state index in [1.165, 1.54) is 0 Å². The summed E-state index contributed by atoms with van der Waals surface area (Å²) in [6.45, 7) is 14.3. The fourth-order valence-electron chi connectivity index (χ4n) is 5.42. The zero-order valence-corrected chi connectivity index (χ0v) is 21.8. The number of phenols is 3. The molecule has 0 amide bonds. The van der Waals surface area contributed by atoms with Gasteiger partial charge < -0.3 is 15.3 Å². The summed E-state index contributed by atoms with van der Waals surface area (Å²) in [5.41, 5.74) is 8.41. The molecule has 34 heavy (non-hydrogen) atoms. The second-order valence-electron chi connectivity index (χ2n) is 10.0. The van der Waals surface area contributed by atoms with Crippen LogP contribution < -0.4 is 0 Å². The molecule has 3 aromatic carbocycles. The fraction of sp³-hybridized carbons (Fsp3) is 0.419. The molecule has 0 heterocycles. The molecule has 0 saturated heterocycles. The predicted molar refractivity (Wildman–Crippen MR) is 142 cm³/mol. The van der Waals surface area contributed by atoms with Gasteiger partial charge in [-0.15, -0.1) is 0 Å². The summed E-state index contributed by atoms with van der Waals surface area (Å²) >= 11 is 0. The molecule has 3 heteroatoms. The van der Waals surface area contributed by atoms with Crippen molar-refractivity contribution in [1.82, 2.24) is 0 Å². The lowest BCUT2D eigenvalue weighted by Crippen LogP contribution is -2.09. The summed E-state index contributed by atoms with van der Waals surface area (Å²) in [4.78, 5) is 0. The second kappa shape index (κ2) is 10.5. The molecular weight excluding hydrogens is 420 g/mol. The van der Waals surface area contributed by atoms with Gasteiger partial charge in [0.1, 0.15) is 17.2 Å². The minimum Gasteiger partial charge on any atom is -0.507 e. The summed E-state index contributed by atoms with van der Waals surface area (Å²) in [5, 5.41) is 33.7. The minimum atomic E-state index is -0.114. The number of benzene rings is 3. The molecule has 3 rings (SSSR count). The number of rotatable bonds is 8. The Morgan fingerprint density at radius 1 is 0.500 bits per heavy atom. The largest absolute Gasteiger partial charge is 0.507 e. The van der Waals surface area contributed by atoms with Crippen LogP contribution in [0.2, 0.25) is 0 Å². The maximum atomic E-state index is 11.7. The first kappa shape index (κ1) is 25.7. The van der Waals surface area contributed by atoms with Crippen molar-refractivity contribution in [2.24, 2.45) is 0 Å². The average Bonchev–Trinajstić information content (AvgIpc) is 2.77. The molecular formula is C31H40O3. The minimum absolute atomic E-state index is 0.114. The maximum absolute atomic E-state index is 11.7. The van der Waals surface area contributed by atoms with Gasteiger partial charge in [0.05, 0.1) is 0 Å². The van der Waals surface area contributed by atoms with Crippen LogP contribution in [-0.4, -0.2) is 15.3 Å². The molecule has 0 saturated carbocycles. The standard InChI is InChI=1S/C31H40O3/c1-8-10-23(25-14-18(3)12-21(6)29(25)32)27-16-20(5)17-28(31(27)34)24(11-9-2)26-15-19(4)13-22(7)30(26)33/h12-17,23-24,32-34H,8-11H2,1-7H3. The van der Waals surface area contributed by atoms with Gasteiger partial charge in [-0.25, -0.2) is 0 Å². The Morgan fingerprint density at radius 3 is 1.12 bits per heavy atom. The third-order valence-corrected chi connectivity index (χ3v) is 6.92. The Hall–Kier alpha value is -2.94. The highest BCUT2D eigenvalue weighted by Gasteiger charge is 2.27. The summed E-state index contributed by atoms with van der Waals surface area (Å²) < 4.78 is 0. The van der Waals surface area contributed by atoms with Crippen LogP contribution in [0.4, 0.5) is 0 Å². The topological polar surface area (TPSA) is 60.7 Å². The molecule has 0 radical (unpaired) electrons. The van der Waals surface area contributed by atoms with E-state index in [-0.39, 0.29) is 17.6 Å². The fourth-order valence-corrected chi connectivity index (χ4v) is 5.42. The lowest BCUT2D eigenvalue weighted by atomic mass is 9.79. The van der Waals surface area contributed by atoms with Crippen LogP contribution >= 0.6 is 0 Å². The van der Waals surface area contributed by atoms with Crippen LogP contribution in [0.5, 0.6) is 17.2 Å². The van der Waals surface area contributed by atoms with Crippen molar-refractivity contribution in [2.45, 2.75) is 86.0 Å². The van der Waals surface area contributed by atoms with E-state index in [0.717, 1.165) is 75.8 Å². The van der Waals surface area contributed by atoms with Gasteiger partial charge in [0, 0.05) is 34.1 Å². The van der Waals surface area contributed by atoms with E-state index in [2.05, 4.69) is 32.9 Å². The quantitative estimate of drug-likeness (QED) is 0.317. The van der Waals surface area contributed by atoms with Gasteiger partial charge in [0.15, 0.2) is 0 Å². The molecule has 2 unspecified atom stereocenters. The molecule has 2 atom stereocenters. The average molecular weight is 461 g/mol. The van der Waals surface area contributed by atoms with Crippen LogP contribution in [-0.2, 0) is 0 Å². The number of aromatic hydroxyl groups is 3. The Morgan fingerprint density at radius 2 is 0.794 bits per heavy atom. The van der Waals surface area contributed by atoms with Crippen molar-refractivity contribution in [2.75, 3.05) is 0 Å². The molecule has 0 fully saturated rings. The molecule has 0 aliphatic heterocycles. The SMILES string of the molecule is CCCC(c1cc(C)cc(C)c1O)c1cc(C)cc(C(CCC)c2cc(C)cc(C)c2O)c1O. The molecule has 3 nitrogen and oxygen atoms in total. The van der Waals surface area contributed by atoms with Gasteiger partial charge in [0.2, 0.25) is 0 Å². The molecule has 0 spiro atoms. The zero-order valence-electron chi connectivity index (χ0n) is 21.8. The summed E-state index contributed by atoms with van der Waals surface area (Å²) in [7, 11) is 0. The van der Waals surface area contributed by atoms with E-state index in [1.54, 1.807) is 0 Å². The van der Waals surface area contributed by atoms with Crippen molar-refractivity contribution < 1.29 is 15.3 Å². The number of hydrogen-bond acceptors (Lipinski definition) is 3. The monoisotopic (exact) mass is 460 g/mol. The molecule has 0 aromatic heterocycles. The molecule has 182 valence electrons. The number of aryl methyl sites for hydroxylation is 5. The van der Waals surface area contributed by atoms with E-state index in [9.17, 15) is 15.3 Å². The van der Waals surface area contributed by atoms with Crippen LogP contribution in [0.3, 0.4) is 0 Å². The van der Waals surface area contributed by atoms with Gasteiger partial charge in [0.25, 0.3) is 0 Å². The van der Waals surface area contributed by atoms with Crippen LogP contribution in [0, 0.1) is 34.6 Å². The summed E-state index contributed by atoms with van der Waals surface area (Å²) in [6, 6.07) is 12.2. The van der Waals surface area contributed by atoms with Crippen molar-refractivity contribution in [3.63, 3.8) is 0 Å². The Balaban J connectivity index is 2.26. The third-order valence-electron chi connectivity index (χ3n) is 6.92. The van der Waals surface area contributed by atoms with Gasteiger partial charge in [-0.05, 0) is 58.6 Å². The first-order chi connectivity index (χ1) is 16.1. The smallest absolute Gasteiger partial charge is 0.123 e. The second-order valence-corrected chi connectivity index (χ2v) is 10.0. The Bertz CT molecular complexity index is 1090. The molecule has 0 aliphatic carbocycles. The first-order valence-electron chi connectivity index (χ1n) is 12.5. The highest BCUT2D eigenvalue weighted by Crippen LogP contribution is 2.47. The summed E-state index contributed by atoms with van der Waals surface area (Å²) in [6.07, 6.45) is 3.49. The molecule has 0 bridgehead atoms. The normalized spacial score (nSPS) is 13.1. The van der Waals surface area contributed by atoms with Gasteiger partial charge in [-0.3, -0.25) is 0 Å². The van der Waals surface area contributed by atoms with Gasteiger partial charge in [-0.2, -0.15) is 0 Å². The lowest BCUT2D eigenvalue weighted by molar-refractivity contribution is 0.437. The van der Waals surface area contributed by atoms with Crippen molar-refractivity contribution in [1.29, 1.82) is 0 Å². The van der Waals surface area contributed by atoms with E-state index in [0.29, 0.717) is 11.5 Å².